The molecule has 1 aromatic heterocycles. The molecule has 0 aromatic carbocycles. The summed E-state index contributed by atoms with van der Waals surface area (Å²) >= 11 is 0. The van der Waals surface area contributed by atoms with E-state index in [1.165, 1.54) is 0 Å². The summed E-state index contributed by atoms with van der Waals surface area (Å²) in [6.45, 7) is 5.54. The van der Waals surface area contributed by atoms with Gasteiger partial charge in [0, 0.05) is 13.2 Å². The van der Waals surface area contributed by atoms with Gasteiger partial charge in [-0.05, 0) is 33.1 Å². The minimum atomic E-state index is -0.404. The molecule has 18 heavy (non-hydrogen) atoms. The number of aromatic nitrogens is 3. The van der Waals surface area contributed by atoms with Crippen LogP contribution in [0.4, 0.5) is 0 Å². The van der Waals surface area contributed by atoms with Crippen LogP contribution in [-0.4, -0.2) is 40.3 Å². The Labute approximate surface area is 106 Å². The zero-order valence-corrected chi connectivity index (χ0v) is 10.9. The maximum absolute atomic E-state index is 11.6. The quantitative estimate of drug-likeness (QED) is 0.741. The lowest BCUT2D eigenvalue weighted by atomic mass is 10.2. The average molecular weight is 253 g/mol. The van der Waals surface area contributed by atoms with Crippen LogP contribution in [0.2, 0.25) is 0 Å². The van der Waals surface area contributed by atoms with Crippen molar-refractivity contribution in [3.8, 4) is 0 Å². The monoisotopic (exact) mass is 253 g/mol. The van der Waals surface area contributed by atoms with Gasteiger partial charge in [-0.25, -0.2) is 9.48 Å². The summed E-state index contributed by atoms with van der Waals surface area (Å²) in [6, 6.07) is 0. The summed E-state index contributed by atoms with van der Waals surface area (Å²) in [7, 11) is 0. The number of carbonyl (C=O) groups excluding carboxylic acids is 1. The second-order valence-electron chi connectivity index (χ2n) is 4.39. The largest absolute Gasteiger partial charge is 0.461 e. The highest BCUT2D eigenvalue weighted by atomic mass is 16.5. The molecule has 1 aliphatic rings. The van der Waals surface area contributed by atoms with Gasteiger partial charge in [-0.2, -0.15) is 0 Å². The number of rotatable bonds is 5. The molecular weight excluding hydrogens is 234 g/mol. The Bertz CT molecular complexity index is 411. The Morgan fingerprint density at radius 3 is 3.11 bits per heavy atom. The predicted octanol–water partition coefficient (Wildman–Crippen LogP) is 1.33. The van der Waals surface area contributed by atoms with Crippen molar-refractivity contribution in [1.29, 1.82) is 0 Å². The first kappa shape index (κ1) is 13.0. The minimum absolute atomic E-state index is 0.309. The first-order valence-electron chi connectivity index (χ1n) is 6.41. The molecule has 0 aliphatic carbocycles. The van der Waals surface area contributed by atoms with Crippen molar-refractivity contribution < 1.29 is 14.3 Å². The molecule has 0 amide bonds. The first-order chi connectivity index (χ1) is 8.72. The fourth-order valence-corrected chi connectivity index (χ4v) is 2.10. The standard InChI is InChI=1S/C12H19N3O3/c1-3-17-12(16)11-9(2)15(14-13-11)7-6-10-5-4-8-18-10/h10H,3-8H2,1-2H3. The van der Waals surface area contributed by atoms with Crippen LogP contribution < -0.4 is 0 Å². The maximum atomic E-state index is 11.6. The number of hydrogen-bond acceptors (Lipinski definition) is 5. The zero-order valence-electron chi connectivity index (χ0n) is 10.9. The SMILES string of the molecule is CCOC(=O)c1nnn(CCC2CCCO2)c1C. The summed E-state index contributed by atoms with van der Waals surface area (Å²) in [6.07, 6.45) is 3.47. The van der Waals surface area contributed by atoms with Crippen molar-refractivity contribution in [2.75, 3.05) is 13.2 Å². The molecule has 100 valence electrons. The molecular formula is C12H19N3O3. The molecule has 0 saturated carbocycles. The van der Waals surface area contributed by atoms with Crippen LogP contribution >= 0.6 is 0 Å². The van der Waals surface area contributed by atoms with Gasteiger partial charge in [-0.1, -0.05) is 5.21 Å². The number of carbonyl (C=O) groups is 1. The number of hydrogen-bond donors (Lipinski definition) is 0. The maximum Gasteiger partial charge on any atom is 0.360 e. The number of aryl methyl sites for hydroxylation is 1. The lowest BCUT2D eigenvalue weighted by Crippen LogP contribution is -2.12. The van der Waals surface area contributed by atoms with Crippen LogP contribution in [0.3, 0.4) is 0 Å². The van der Waals surface area contributed by atoms with E-state index in [-0.39, 0.29) is 0 Å². The van der Waals surface area contributed by atoms with E-state index in [0.29, 0.717) is 18.4 Å². The molecule has 0 N–H and O–H groups in total. The van der Waals surface area contributed by atoms with Gasteiger partial charge in [-0.15, -0.1) is 5.10 Å². The van der Waals surface area contributed by atoms with E-state index in [4.69, 9.17) is 9.47 Å². The van der Waals surface area contributed by atoms with Crippen molar-refractivity contribution in [2.45, 2.75) is 45.8 Å². The van der Waals surface area contributed by atoms with Crippen molar-refractivity contribution in [2.24, 2.45) is 0 Å². The highest BCUT2D eigenvalue weighted by Crippen LogP contribution is 2.16. The third kappa shape index (κ3) is 2.87. The molecule has 1 aromatic rings. The normalized spacial score (nSPS) is 19.1. The van der Waals surface area contributed by atoms with Crippen LogP contribution in [0.5, 0.6) is 0 Å². The summed E-state index contributed by atoms with van der Waals surface area (Å²) in [4.78, 5) is 11.6. The van der Waals surface area contributed by atoms with Gasteiger partial charge < -0.3 is 9.47 Å². The van der Waals surface area contributed by atoms with E-state index in [9.17, 15) is 4.79 Å². The van der Waals surface area contributed by atoms with E-state index in [2.05, 4.69) is 10.3 Å². The Morgan fingerprint density at radius 1 is 1.61 bits per heavy atom. The molecule has 1 aliphatic heterocycles. The summed E-state index contributed by atoms with van der Waals surface area (Å²) in [5.41, 5.74) is 1.07. The number of nitrogens with zero attached hydrogens (tertiary/aromatic N) is 3. The third-order valence-corrected chi connectivity index (χ3v) is 3.14. The predicted molar refractivity (Wildman–Crippen MR) is 64.3 cm³/mol. The minimum Gasteiger partial charge on any atom is -0.461 e. The fourth-order valence-electron chi connectivity index (χ4n) is 2.10. The van der Waals surface area contributed by atoms with E-state index in [1.54, 1.807) is 11.6 Å². The smallest absolute Gasteiger partial charge is 0.360 e. The van der Waals surface area contributed by atoms with Gasteiger partial charge >= 0.3 is 5.97 Å². The summed E-state index contributed by atoms with van der Waals surface area (Å²) < 4.78 is 12.2. The molecule has 1 unspecified atom stereocenters. The van der Waals surface area contributed by atoms with Crippen molar-refractivity contribution in [3.05, 3.63) is 11.4 Å². The Hall–Kier alpha value is -1.43. The third-order valence-electron chi connectivity index (χ3n) is 3.14. The van der Waals surface area contributed by atoms with E-state index in [0.717, 1.165) is 38.1 Å². The van der Waals surface area contributed by atoms with Gasteiger partial charge in [0.15, 0.2) is 5.69 Å². The van der Waals surface area contributed by atoms with E-state index in [1.807, 2.05) is 6.92 Å². The first-order valence-corrected chi connectivity index (χ1v) is 6.41. The van der Waals surface area contributed by atoms with Gasteiger partial charge in [0.25, 0.3) is 0 Å². The van der Waals surface area contributed by atoms with Crippen LogP contribution in [0, 0.1) is 6.92 Å². The van der Waals surface area contributed by atoms with Crippen molar-refractivity contribution in [1.82, 2.24) is 15.0 Å². The van der Waals surface area contributed by atoms with Crippen LogP contribution in [-0.2, 0) is 16.0 Å². The average Bonchev–Trinajstić information content (AvgIpc) is 2.96. The molecule has 0 radical (unpaired) electrons. The van der Waals surface area contributed by atoms with Gasteiger partial charge in [0.05, 0.1) is 18.4 Å². The lowest BCUT2D eigenvalue weighted by molar-refractivity contribution is 0.0518. The zero-order chi connectivity index (χ0) is 13.0. The van der Waals surface area contributed by atoms with Crippen LogP contribution in [0.25, 0.3) is 0 Å². The van der Waals surface area contributed by atoms with Crippen molar-refractivity contribution in [3.63, 3.8) is 0 Å². The van der Waals surface area contributed by atoms with Crippen LogP contribution in [0.1, 0.15) is 42.4 Å². The molecule has 1 atom stereocenters. The van der Waals surface area contributed by atoms with Crippen molar-refractivity contribution >= 4 is 5.97 Å². The molecule has 2 rings (SSSR count). The molecule has 0 spiro atoms. The van der Waals surface area contributed by atoms with Gasteiger partial charge in [0.1, 0.15) is 0 Å². The second kappa shape index (κ2) is 5.95. The highest BCUT2D eigenvalue weighted by molar-refractivity contribution is 5.88. The second-order valence-corrected chi connectivity index (χ2v) is 4.39. The highest BCUT2D eigenvalue weighted by Gasteiger charge is 2.19. The van der Waals surface area contributed by atoms with E-state index < -0.39 is 5.97 Å². The molecule has 2 heterocycles. The summed E-state index contributed by atoms with van der Waals surface area (Å²) in [5.74, 6) is -0.404. The number of esters is 1. The molecule has 1 saturated heterocycles. The number of ether oxygens (including phenoxy) is 2. The summed E-state index contributed by atoms with van der Waals surface area (Å²) in [5, 5.41) is 7.87. The lowest BCUT2D eigenvalue weighted by Gasteiger charge is -2.09. The van der Waals surface area contributed by atoms with Crippen LogP contribution in [0.15, 0.2) is 0 Å². The molecule has 6 heteroatoms. The molecule has 0 bridgehead atoms. The van der Waals surface area contributed by atoms with E-state index >= 15 is 0 Å². The van der Waals surface area contributed by atoms with Gasteiger partial charge in [0.2, 0.25) is 0 Å². The van der Waals surface area contributed by atoms with Gasteiger partial charge in [-0.3, -0.25) is 0 Å². The Balaban J connectivity index is 1.94. The molecule has 6 nitrogen and oxygen atoms in total. The Kier molecular flexibility index (Phi) is 4.30. The topological polar surface area (TPSA) is 66.2 Å². The Morgan fingerprint density at radius 2 is 2.44 bits per heavy atom. The fraction of sp³-hybridized carbons (Fsp3) is 0.750. The molecule has 1 fully saturated rings.